The molecule has 0 bridgehead atoms. The molecule has 0 spiro atoms. The molecule has 4 rings (SSSR count). The molecule has 0 atom stereocenters. The number of hydrogen-bond donors (Lipinski definition) is 0. The van der Waals surface area contributed by atoms with Gasteiger partial charge >= 0.3 is 0 Å². The van der Waals surface area contributed by atoms with Gasteiger partial charge in [0, 0.05) is 63.3 Å². The maximum absolute atomic E-state index is 13.7. The smallest absolute Gasteiger partial charge is 0.251 e. The highest BCUT2D eigenvalue weighted by molar-refractivity contribution is 5.93. The van der Waals surface area contributed by atoms with Gasteiger partial charge in [-0.15, -0.1) is 0 Å². The quantitative estimate of drug-likeness (QED) is 0.683. The standard InChI is InChI=1S/C20H24F4N4O2/c1-29-15-11-13-14(12-16(15)30-2)25-18(28-9-5-20(23,24)6-10-28)26-17(13)27-7-3-19(21,22)4-8-27/h11-12H,3-10H2,1-2H3. The van der Waals surface area contributed by atoms with E-state index in [0.29, 0.717) is 34.2 Å². The molecule has 30 heavy (non-hydrogen) atoms. The Morgan fingerprint density at radius 1 is 0.767 bits per heavy atom. The lowest BCUT2D eigenvalue weighted by atomic mass is 10.1. The Labute approximate surface area is 171 Å². The van der Waals surface area contributed by atoms with Crippen LogP contribution >= 0.6 is 0 Å². The van der Waals surface area contributed by atoms with Crippen molar-refractivity contribution in [3.63, 3.8) is 0 Å². The first-order valence-corrected chi connectivity index (χ1v) is 9.91. The van der Waals surface area contributed by atoms with E-state index in [-0.39, 0.29) is 51.9 Å². The number of rotatable bonds is 4. The van der Waals surface area contributed by atoms with E-state index in [1.165, 1.54) is 14.2 Å². The van der Waals surface area contributed by atoms with Crippen LogP contribution in [0, 0.1) is 0 Å². The van der Waals surface area contributed by atoms with E-state index in [1.807, 2.05) is 0 Å². The average Bonchev–Trinajstić information content (AvgIpc) is 2.72. The first-order valence-electron chi connectivity index (χ1n) is 9.91. The topological polar surface area (TPSA) is 50.7 Å². The van der Waals surface area contributed by atoms with Crippen molar-refractivity contribution in [2.45, 2.75) is 37.5 Å². The summed E-state index contributed by atoms with van der Waals surface area (Å²) in [4.78, 5) is 12.7. The lowest BCUT2D eigenvalue weighted by Crippen LogP contribution is -2.41. The van der Waals surface area contributed by atoms with Gasteiger partial charge in [-0.3, -0.25) is 0 Å². The second kappa shape index (κ2) is 7.63. The molecule has 0 saturated carbocycles. The van der Waals surface area contributed by atoms with Crippen LogP contribution in [0.15, 0.2) is 12.1 Å². The number of fused-ring (bicyclic) bond motifs is 1. The SMILES string of the molecule is COc1cc2nc(N3CCC(F)(F)CC3)nc(N3CCC(F)(F)CC3)c2cc1OC. The minimum Gasteiger partial charge on any atom is -0.493 e. The molecule has 6 nitrogen and oxygen atoms in total. The highest BCUT2D eigenvalue weighted by Crippen LogP contribution is 2.39. The molecule has 2 aliphatic rings. The summed E-state index contributed by atoms with van der Waals surface area (Å²) >= 11 is 0. The van der Waals surface area contributed by atoms with Crippen molar-refractivity contribution in [2.24, 2.45) is 0 Å². The van der Waals surface area contributed by atoms with E-state index in [4.69, 9.17) is 9.47 Å². The van der Waals surface area contributed by atoms with Gasteiger partial charge in [-0.2, -0.15) is 4.98 Å². The second-order valence-corrected chi connectivity index (χ2v) is 7.76. The number of methoxy groups -OCH3 is 2. The summed E-state index contributed by atoms with van der Waals surface area (Å²) < 4.78 is 65.3. The van der Waals surface area contributed by atoms with Crippen LogP contribution in [0.2, 0.25) is 0 Å². The Morgan fingerprint density at radius 2 is 1.27 bits per heavy atom. The van der Waals surface area contributed by atoms with Gasteiger partial charge in [-0.05, 0) is 6.07 Å². The molecule has 0 radical (unpaired) electrons. The molecule has 10 heteroatoms. The van der Waals surface area contributed by atoms with Crippen LogP contribution in [0.5, 0.6) is 11.5 Å². The monoisotopic (exact) mass is 428 g/mol. The molecular formula is C20H24F4N4O2. The molecule has 1 aromatic carbocycles. The zero-order chi connectivity index (χ0) is 21.5. The number of benzene rings is 1. The van der Waals surface area contributed by atoms with Crippen LogP contribution < -0.4 is 19.3 Å². The van der Waals surface area contributed by atoms with E-state index in [2.05, 4.69) is 9.97 Å². The largest absolute Gasteiger partial charge is 0.493 e. The summed E-state index contributed by atoms with van der Waals surface area (Å²) in [5, 5.41) is 0.643. The fraction of sp³-hybridized carbons (Fsp3) is 0.600. The Morgan fingerprint density at radius 3 is 1.80 bits per heavy atom. The summed E-state index contributed by atoms with van der Waals surface area (Å²) in [7, 11) is 3.01. The second-order valence-electron chi connectivity index (χ2n) is 7.76. The molecule has 0 aliphatic carbocycles. The van der Waals surface area contributed by atoms with Gasteiger partial charge in [0.1, 0.15) is 5.82 Å². The molecule has 0 amide bonds. The van der Waals surface area contributed by atoms with Crippen molar-refractivity contribution >= 4 is 22.7 Å². The molecule has 1 aromatic heterocycles. The molecule has 0 unspecified atom stereocenters. The van der Waals surface area contributed by atoms with E-state index < -0.39 is 11.8 Å². The molecular weight excluding hydrogens is 404 g/mol. The lowest BCUT2D eigenvalue weighted by Gasteiger charge is -2.35. The van der Waals surface area contributed by atoms with Crippen molar-refractivity contribution in [3.05, 3.63) is 12.1 Å². The summed E-state index contributed by atoms with van der Waals surface area (Å²) in [6, 6.07) is 3.42. The van der Waals surface area contributed by atoms with Gasteiger partial charge in [0.05, 0.1) is 19.7 Å². The molecule has 2 saturated heterocycles. The third-order valence-electron chi connectivity index (χ3n) is 5.74. The first kappa shape index (κ1) is 20.7. The van der Waals surface area contributed by atoms with E-state index in [9.17, 15) is 17.6 Å². The third kappa shape index (κ3) is 4.04. The van der Waals surface area contributed by atoms with Crippen LogP contribution in [0.3, 0.4) is 0 Å². The van der Waals surface area contributed by atoms with Gasteiger partial charge in [-0.25, -0.2) is 22.5 Å². The minimum atomic E-state index is -2.69. The van der Waals surface area contributed by atoms with E-state index in [0.717, 1.165) is 0 Å². The number of ether oxygens (including phenoxy) is 2. The van der Waals surface area contributed by atoms with Gasteiger partial charge in [0.2, 0.25) is 5.95 Å². The predicted molar refractivity (Wildman–Crippen MR) is 105 cm³/mol. The number of hydrogen-bond acceptors (Lipinski definition) is 6. The lowest BCUT2D eigenvalue weighted by molar-refractivity contribution is -0.0225. The average molecular weight is 428 g/mol. The highest BCUT2D eigenvalue weighted by atomic mass is 19.3. The van der Waals surface area contributed by atoms with Gasteiger partial charge < -0.3 is 19.3 Å². The maximum Gasteiger partial charge on any atom is 0.251 e. The third-order valence-corrected chi connectivity index (χ3v) is 5.74. The van der Waals surface area contributed by atoms with Crippen molar-refractivity contribution in [3.8, 4) is 11.5 Å². The number of piperidine rings is 2. The number of alkyl halides is 4. The Bertz CT molecular complexity index is 921. The van der Waals surface area contributed by atoms with Crippen molar-refractivity contribution in [2.75, 3.05) is 50.2 Å². The number of nitrogens with zero attached hydrogens (tertiary/aromatic N) is 4. The summed E-state index contributed by atoms with van der Waals surface area (Å²) in [6.45, 7) is 0.544. The summed E-state index contributed by atoms with van der Waals surface area (Å²) in [5.74, 6) is -3.62. The normalized spacial score (nSPS) is 21.0. The highest BCUT2D eigenvalue weighted by Gasteiger charge is 2.37. The molecule has 2 fully saturated rings. The van der Waals surface area contributed by atoms with Crippen molar-refractivity contribution in [1.82, 2.24) is 9.97 Å². The van der Waals surface area contributed by atoms with Gasteiger partial charge in [-0.1, -0.05) is 0 Å². The first-order chi connectivity index (χ1) is 14.2. The van der Waals surface area contributed by atoms with Crippen LogP contribution in [0.25, 0.3) is 10.9 Å². The molecule has 164 valence electrons. The van der Waals surface area contributed by atoms with Crippen LogP contribution in [0.1, 0.15) is 25.7 Å². The molecule has 2 aliphatic heterocycles. The fourth-order valence-electron chi connectivity index (χ4n) is 3.89. The molecule has 3 heterocycles. The Hall–Kier alpha value is -2.52. The van der Waals surface area contributed by atoms with Crippen LogP contribution in [0.4, 0.5) is 29.3 Å². The zero-order valence-corrected chi connectivity index (χ0v) is 16.9. The Balaban J connectivity index is 1.78. The molecule has 2 aromatic rings. The van der Waals surface area contributed by atoms with Crippen molar-refractivity contribution < 1.29 is 27.0 Å². The van der Waals surface area contributed by atoms with E-state index in [1.54, 1.807) is 21.9 Å². The predicted octanol–water partition coefficient (Wildman–Crippen LogP) is 4.12. The Kier molecular flexibility index (Phi) is 5.27. The van der Waals surface area contributed by atoms with Gasteiger partial charge in [0.15, 0.2) is 11.5 Å². The number of halogens is 4. The molecule has 0 N–H and O–H groups in total. The summed E-state index contributed by atoms with van der Waals surface area (Å²) in [6.07, 6.45) is -1.08. The number of anilines is 2. The van der Waals surface area contributed by atoms with Gasteiger partial charge in [0.25, 0.3) is 11.8 Å². The fourth-order valence-corrected chi connectivity index (χ4v) is 3.89. The zero-order valence-electron chi connectivity index (χ0n) is 16.9. The van der Waals surface area contributed by atoms with Crippen LogP contribution in [-0.4, -0.2) is 62.2 Å². The maximum atomic E-state index is 13.7. The summed E-state index contributed by atoms with van der Waals surface area (Å²) in [5.41, 5.74) is 0.544. The number of aromatic nitrogens is 2. The van der Waals surface area contributed by atoms with Crippen LogP contribution in [-0.2, 0) is 0 Å². The van der Waals surface area contributed by atoms with E-state index >= 15 is 0 Å². The minimum absolute atomic E-state index is 0.128. The van der Waals surface area contributed by atoms with Crippen molar-refractivity contribution in [1.29, 1.82) is 0 Å².